The lowest BCUT2D eigenvalue weighted by molar-refractivity contribution is -0.134. The van der Waals surface area contributed by atoms with Crippen molar-refractivity contribution >= 4 is 31.6 Å². The zero-order valence-electron chi connectivity index (χ0n) is 25.4. The number of nitrogens with one attached hydrogen (secondary N) is 1. The van der Waals surface area contributed by atoms with Gasteiger partial charge < -0.3 is 19.5 Å². The Bertz CT molecular complexity index is 1680. The van der Waals surface area contributed by atoms with E-state index in [9.17, 15) is 26.7 Å². The highest BCUT2D eigenvalue weighted by Crippen LogP contribution is 2.31. The maximum absolute atomic E-state index is 13.5. The summed E-state index contributed by atoms with van der Waals surface area (Å²) < 4.78 is 68.3. The van der Waals surface area contributed by atoms with E-state index in [2.05, 4.69) is 4.72 Å². The predicted molar refractivity (Wildman–Crippen MR) is 167 cm³/mol. The topological polar surface area (TPSA) is 143 Å². The van der Waals surface area contributed by atoms with Crippen LogP contribution in [0.5, 0.6) is 11.5 Å². The molecule has 13 heteroatoms. The molecule has 1 heterocycles. The smallest absolute Gasteiger partial charge is 0.261 e. The number of hydrogen-bond donors (Lipinski definition) is 2. The highest BCUT2D eigenvalue weighted by Gasteiger charge is 2.33. The van der Waals surface area contributed by atoms with Gasteiger partial charge in [-0.3, -0.25) is 9.52 Å². The van der Waals surface area contributed by atoms with Gasteiger partial charge in [-0.25, -0.2) is 16.8 Å². The van der Waals surface area contributed by atoms with Crippen molar-refractivity contribution in [1.29, 1.82) is 0 Å². The Balaban J connectivity index is 1.67. The first-order valence-corrected chi connectivity index (χ1v) is 17.1. The Morgan fingerprint density at radius 3 is 2.30 bits per heavy atom. The Morgan fingerprint density at radius 2 is 1.68 bits per heavy atom. The van der Waals surface area contributed by atoms with Crippen LogP contribution in [0.25, 0.3) is 0 Å². The summed E-state index contributed by atoms with van der Waals surface area (Å²) in [5.41, 5.74) is 1.58. The maximum atomic E-state index is 13.5. The van der Waals surface area contributed by atoms with Gasteiger partial charge in [0.2, 0.25) is 15.9 Å². The first-order chi connectivity index (χ1) is 20.7. The Morgan fingerprint density at radius 1 is 1.05 bits per heavy atom. The van der Waals surface area contributed by atoms with E-state index in [0.717, 1.165) is 5.56 Å². The first-order valence-electron chi connectivity index (χ1n) is 14.1. The number of anilines is 1. The number of likely N-dealkylation sites (N-methyl/N-ethyl adjacent to an activating group) is 1. The van der Waals surface area contributed by atoms with E-state index in [0.29, 0.717) is 17.1 Å². The third kappa shape index (κ3) is 7.52. The Hall–Kier alpha value is -3.65. The normalized spacial score (nSPS) is 18.4. The number of benzene rings is 3. The number of carbonyl (C=O) groups excluding carboxylic acids is 1. The fraction of sp³-hybridized carbons (Fsp3) is 0.387. The summed E-state index contributed by atoms with van der Waals surface area (Å²) in [4.78, 5) is 15.2. The zero-order valence-corrected chi connectivity index (χ0v) is 27.1. The van der Waals surface area contributed by atoms with Crippen molar-refractivity contribution < 1.29 is 36.2 Å². The minimum Gasteiger partial charge on any atom is -0.497 e. The van der Waals surface area contributed by atoms with Crippen LogP contribution in [0.3, 0.4) is 0 Å². The van der Waals surface area contributed by atoms with Crippen molar-refractivity contribution in [3.05, 3.63) is 77.9 Å². The largest absolute Gasteiger partial charge is 0.497 e. The van der Waals surface area contributed by atoms with Gasteiger partial charge in [0.25, 0.3) is 10.0 Å². The van der Waals surface area contributed by atoms with Crippen molar-refractivity contribution in [1.82, 2.24) is 9.21 Å². The predicted octanol–water partition coefficient (Wildman–Crippen LogP) is 3.27. The van der Waals surface area contributed by atoms with Crippen molar-refractivity contribution in [2.45, 2.75) is 49.1 Å². The molecule has 0 bridgehead atoms. The molecule has 0 unspecified atom stereocenters. The van der Waals surface area contributed by atoms with E-state index >= 15 is 0 Å². The molecule has 1 aliphatic rings. The van der Waals surface area contributed by atoms with Gasteiger partial charge in [-0.1, -0.05) is 24.6 Å². The van der Waals surface area contributed by atoms with Gasteiger partial charge in [0.05, 0.1) is 42.5 Å². The van der Waals surface area contributed by atoms with Crippen molar-refractivity contribution in [3.8, 4) is 11.5 Å². The van der Waals surface area contributed by atoms with Crippen LogP contribution in [0.4, 0.5) is 5.69 Å². The molecule has 0 radical (unpaired) electrons. The number of methoxy groups -OCH3 is 1. The molecule has 0 saturated carbocycles. The van der Waals surface area contributed by atoms with Crippen molar-refractivity contribution in [2.24, 2.45) is 5.92 Å². The van der Waals surface area contributed by atoms with E-state index < -0.39 is 32.2 Å². The molecule has 0 aromatic heterocycles. The second-order valence-corrected chi connectivity index (χ2v) is 14.8. The van der Waals surface area contributed by atoms with Gasteiger partial charge >= 0.3 is 0 Å². The molecule has 44 heavy (non-hydrogen) atoms. The number of aliphatic hydroxyl groups excluding tert-OH is 1. The molecule has 0 aliphatic carbocycles. The number of rotatable bonds is 10. The highest BCUT2D eigenvalue weighted by molar-refractivity contribution is 7.92. The zero-order chi connectivity index (χ0) is 32.2. The van der Waals surface area contributed by atoms with Crippen LogP contribution < -0.4 is 14.2 Å². The fourth-order valence-electron chi connectivity index (χ4n) is 4.92. The van der Waals surface area contributed by atoms with Gasteiger partial charge in [-0.05, 0) is 68.4 Å². The van der Waals surface area contributed by atoms with Crippen LogP contribution in [0.15, 0.2) is 76.5 Å². The summed E-state index contributed by atoms with van der Waals surface area (Å²) in [6.07, 6.45) is -0.797. The first kappa shape index (κ1) is 33.2. The van der Waals surface area contributed by atoms with Crippen LogP contribution in [0, 0.1) is 12.8 Å². The number of carbonyl (C=O) groups is 1. The van der Waals surface area contributed by atoms with E-state index in [1.54, 1.807) is 54.3 Å². The minimum absolute atomic E-state index is 0.0157. The quantitative estimate of drug-likeness (QED) is 0.342. The third-order valence-electron chi connectivity index (χ3n) is 7.70. The van der Waals surface area contributed by atoms with Crippen LogP contribution >= 0.6 is 0 Å². The van der Waals surface area contributed by atoms with Gasteiger partial charge in [-0.2, -0.15) is 4.31 Å². The summed E-state index contributed by atoms with van der Waals surface area (Å²) in [6, 6.07) is 16.7. The van der Waals surface area contributed by atoms with Crippen molar-refractivity contribution in [2.75, 3.05) is 38.6 Å². The summed E-state index contributed by atoms with van der Waals surface area (Å²) >= 11 is 0. The lowest BCUT2D eigenvalue weighted by Gasteiger charge is -2.33. The molecule has 11 nitrogen and oxygen atoms in total. The number of aliphatic hydroxyl groups is 1. The summed E-state index contributed by atoms with van der Waals surface area (Å²) in [6.45, 7) is 5.41. The van der Waals surface area contributed by atoms with Crippen molar-refractivity contribution in [3.63, 3.8) is 0 Å². The SMILES string of the molecule is COc1ccc(S(=O)(=O)Nc2ccc3c(c2)CC(=O)N([C@H](C)CO)C[C@H](C)[C@H](CN(C)S(=O)(=O)c2ccc(C)cc2)O3)cc1. The van der Waals surface area contributed by atoms with E-state index in [-0.39, 0.29) is 53.4 Å². The number of ether oxygens (including phenoxy) is 2. The van der Waals surface area contributed by atoms with E-state index in [1.807, 2.05) is 13.8 Å². The molecule has 1 amide bonds. The molecule has 0 spiro atoms. The van der Waals surface area contributed by atoms with Crippen LogP contribution in [0.2, 0.25) is 0 Å². The molecular weight excluding hydrogens is 606 g/mol. The van der Waals surface area contributed by atoms with Gasteiger partial charge in [0.15, 0.2) is 0 Å². The number of fused-ring (bicyclic) bond motifs is 1. The second-order valence-electron chi connectivity index (χ2n) is 11.1. The van der Waals surface area contributed by atoms with E-state index in [1.165, 1.54) is 42.7 Å². The second kappa shape index (κ2) is 13.6. The molecule has 0 saturated heterocycles. The summed E-state index contributed by atoms with van der Waals surface area (Å²) in [7, 11) is -4.83. The average Bonchev–Trinajstić information content (AvgIpc) is 3.04. The number of hydrogen-bond acceptors (Lipinski definition) is 8. The number of amides is 1. The standard InChI is InChI=1S/C31H39N3O8S2/c1-21-6-11-28(12-7-21)44(39,40)33(4)19-30-22(2)18-34(23(3)20-35)31(36)17-24-16-25(8-15-29(24)42-30)32-43(37,38)27-13-9-26(41-5)10-14-27/h6-16,22-23,30,32,35H,17-20H2,1-5H3/t22-,23+,30-/m0/s1. The molecule has 3 atom stereocenters. The molecule has 238 valence electrons. The molecule has 0 fully saturated rings. The van der Waals surface area contributed by atoms with Gasteiger partial charge in [0.1, 0.15) is 17.6 Å². The minimum atomic E-state index is -3.96. The van der Waals surface area contributed by atoms with Crippen LogP contribution in [-0.4, -0.2) is 83.1 Å². The third-order valence-corrected chi connectivity index (χ3v) is 10.9. The Labute approximate surface area is 259 Å². The van der Waals surface area contributed by atoms with E-state index in [4.69, 9.17) is 9.47 Å². The number of sulfonamides is 2. The summed E-state index contributed by atoms with van der Waals surface area (Å²) in [5.74, 6) is 0.240. The maximum Gasteiger partial charge on any atom is 0.261 e. The molecular formula is C31H39N3O8S2. The Kier molecular flexibility index (Phi) is 10.2. The van der Waals surface area contributed by atoms with Gasteiger partial charge in [-0.15, -0.1) is 0 Å². The fourth-order valence-corrected chi connectivity index (χ4v) is 7.15. The molecule has 3 aromatic rings. The number of nitrogens with zero attached hydrogens (tertiary/aromatic N) is 2. The van der Waals surface area contributed by atoms with Crippen LogP contribution in [-0.2, 0) is 31.3 Å². The van der Waals surface area contributed by atoms with Crippen LogP contribution in [0.1, 0.15) is 25.0 Å². The lowest BCUT2D eigenvalue weighted by atomic mass is 10.0. The molecule has 3 aromatic carbocycles. The molecule has 1 aliphatic heterocycles. The highest BCUT2D eigenvalue weighted by atomic mass is 32.2. The monoisotopic (exact) mass is 645 g/mol. The molecule has 4 rings (SSSR count). The summed E-state index contributed by atoms with van der Waals surface area (Å²) in [5, 5.41) is 9.90. The molecule has 2 N–H and O–H groups in total. The average molecular weight is 646 g/mol. The lowest BCUT2D eigenvalue weighted by Crippen LogP contribution is -2.48. The van der Waals surface area contributed by atoms with Gasteiger partial charge in [0, 0.05) is 30.8 Å². The number of aryl methyl sites for hydroxylation is 1.